The highest BCUT2D eigenvalue weighted by atomic mass is 79.9. The van der Waals surface area contributed by atoms with Crippen LogP contribution in [0.1, 0.15) is 18.7 Å². The first-order valence-electron chi connectivity index (χ1n) is 6.04. The third kappa shape index (κ3) is 5.08. The molecule has 18 heavy (non-hydrogen) atoms. The summed E-state index contributed by atoms with van der Waals surface area (Å²) in [4.78, 5) is 14.6. The Hall–Kier alpha value is -0.390. The van der Waals surface area contributed by atoms with Crippen molar-refractivity contribution in [1.82, 2.24) is 4.90 Å². The van der Waals surface area contributed by atoms with E-state index in [0.29, 0.717) is 6.54 Å². The Kier molecular flexibility index (Phi) is 6.32. The fourth-order valence-electron chi connectivity index (χ4n) is 1.79. The van der Waals surface area contributed by atoms with Gasteiger partial charge in [-0.2, -0.15) is 0 Å². The molecule has 3 nitrogen and oxygen atoms in total. The molecule has 102 valence electrons. The number of thiophene rings is 1. The second-order valence-electron chi connectivity index (χ2n) is 4.93. The molecule has 0 bridgehead atoms. The number of carboxylic acid groups (broad SMARTS) is 1. The van der Waals surface area contributed by atoms with Gasteiger partial charge in [0.05, 0.1) is 5.92 Å². The Labute approximate surface area is 121 Å². The van der Waals surface area contributed by atoms with E-state index in [4.69, 9.17) is 5.11 Å². The summed E-state index contributed by atoms with van der Waals surface area (Å²) >= 11 is 5.17. The first-order chi connectivity index (χ1) is 8.40. The molecule has 0 fully saturated rings. The highest BCUT2D eigenvalue weighted by molar-refractivity contribution is 9.10. The lowest BCUT2D eigenvalue weighted by atomic mass is 9.95. The summed E-state index contributed by atoms with van der Waals surface area (Å²) in [6.45, 7) is 5.43. The van der Waals surface area contributed by atoms with Crippen LogP contribution in [0.3, 0.4) is 0 Å². The number of nitrogens with zero attached hydrogens (tertiary/aromatic N) is 1. The third-order valence-electron chi connectivity index (χ3n) is 2.99. The van der Waals surface area contributed by atoms with Crippen LogP contribution in [0.15, 0.2) is 15.9 Å². The molecule has 5 heteroatoms. The summed E-state index contributed by atoms with van der Waals surface area (Å²) < 4.78 is 1.12. The van der Waals surface area contributed by atoms with Crippen molar-refractivity contribution in [3.8, 4) is 0 Å². The van der Waals surface area contributed by atoms with E-state index >= 15 is 0 Å². The largest absolute Gasteiger partial charge is 0.481 e. The maximum Gasteiger partial charge on any atom is 0.308 e. The van der Waals surface area contributed by atoms with Crippen LogP contribution in [0.5, 0.6) is 0 Å². The molecule has 0 aliphatic carbocycles. The molecule has 0 saturated carbocycles. The Morgan fingerprint density at radius 1 is 1.56 bits per heavy atom. The van der Waals surface area contributed by atoms with Gasteiger partial charge in [0.2, 0.25) is 0 Å². The van der Waals surface area contributed by atoms with Crippen molar-refractivity contribution >= 4 is 33.2 Å². The summed E-state index contributed by atoms with van der Waals surface area (Å²) in [6.07, 6.45) is 0.969. The average molecular weight is 334 g/mol. The lowest BCUT2D eigenvalue weighted by molar-refractivity contribution is -0.143. The number of halogens is 1. The zero-order chi connectivity index (χ0) is 13.7. The predicted molar refractivity (Wildman–Crippen MR) is 79.2 cm³/mol. The SMILES string of the molecule is CC(C)C(CN(C)CCc1cc(Br)cs1)C(=O)O. The number of rotatable bonds is 7. The summed E-state index contributed by atoms with van der Waals surface area (Å²) in [7, 11) is 1.99. The van der Waals surface area contributed by atoms with E-state index in [-0.39, 0.29) is 11.8 Å². The van der Waals surface area contributed by atoms with Gasteiger partial charge in [0, 0.05) is 27.8 Å². The first-order valence-corrected chi connectivity index (χ1v) is 7.71. The standard InChI is InChI=1S/C13H20BrNO2S/c1-9(2)12(13(16)17)7-15(3)5-4-11-6-10(14)8-18-11/h6,8-9,12H,4-5,7H2,1-3H3,(H,16,17). The molecule has 1 aromatic rings. The van der Waals surface area contributed by atoms with Crippen LogP contribution in [-0.4, -0.2) is 36.1 Å². The van der Waals surface area contributed by atoms with Gasteiger partial charge in [-0.3, -0.25) is 4.79 Å². The van der Waals surface area contributed by atoms with E-state index < -0.39 is 5.97 Å². The summed E-state index contributed by atoms with van der Waals surface area (Å²) in [5.74, 6) is -0.818. The van der Waals surface area contributed by atoms with E-state index in [1.165, 1.54) is 4.88 Å². The van der Waals surface area contributed by atoms with Crippen LogP contribution >= 0.6 is 27.3 Å². The van der Waals surface area contributed by atoms with Crippen LogP contribution in [0, 0.1) is 11.8 Å². The second kappa shape index (κ2) is 7.26. The smallest absolute Gasteiger partial charge is 0.308 e. The van der Waals surface area contributed by atoms with Crippen molar-refractivity contribution in [3.05, 3.63) is 20.8 Å². The van der Waals surface area contributed by atoms with Crippen molar-refractivity contribution in [3.63, 3.8) is 0 Å². The lowest BCUT2D eigenvalue weighted by Crippen LogP contribution is -2.34. The van der Waals surface area contributed by atoms with Crippen LogP contribution in [0.4, 0.5) is 0 Å². The molecule has 0 aliphatic heterocycles. The zero-order valence-electron chi connectivity index (χ0n) is 11.0. The van der Waals surface area contributed by atoms with Gasteiger partial charge in [-0.15, -0.1) is 11.3 Å². The Bertz CT molecular complexity index is 392. The fourth-order valence-corrected chi connectivity index (χ4v) is 3.23. The van der Waals surface area contributed by atoms with Gasteiger partial charge >= 0.3 is 5.97 Å². The molecule has 1 N–H and O–H groups in total. The second-order valence-corrected chi connectivity index (χ2v) is 6.84. The van der Waals surface area contributed by atoms with Gasteiger partial charge in [-0.1, -0.05) is 13.8 Å². The number of carboxylic acids is 1. The minimum Gasteiger partial charge on any atom is -0.481 e. The van der Waals surface area contributed by atoms with Gasteiger partial charge in [0.25, 0.3) is 0 Å². The average Bonchev–Trinajstić information content (AvgIpc) is 2.68. The lowest BCUT2D eigenvalue weighted by Gasteiger charge is -2.23. The van der Waals surface area contributed by atoms with E-state index in [1.807, 2.05) is 20.9 Å². The van der Waals surface area contributed by atoms with E-state index in [2.05, 4.69) is 32.3 Å². The molecule has 0 aromatic carbocycles. The minimum atomic E-state index is -0.698. The van der Waals surface area contributed by atoms with Crippen molar-refractivity contribution < 1.29 is 9.90 Å². The number of hydrogen-bond acceptors (Lipinski definition) is 3. The maximum atomic E-state index is 11.1. The van der Waals surface area contributed by atoms with Crippen molar-refractivity contribution in [2.24, 2.45) is 11.8 Å². The molecule has 0 amide bonds. The Morgan fingerprint density at radius 2 is 2.22 bits per heavy atom. The van der Waals surface area contributed by atoms with Gasteiger partial charge < -0.3 is 10.0 Å². The summed E-state index contributed by atoms with van der Waals surface area (Å²) in [5, 5.41) is 11.2. The van der Waals surface area contributed by atoms with Crippen LogP contribution < -0.4 is 0 Å². The number of carbonyl (C=O) groups is 1. The molecule has 1 heterocycles. The van der Waals surface area contributed by atoms with Crippen molar-refractivity contribution in [2.75, 3.05) is 20.1 Å². The highest BCUT2D eigenvalue weighted by Gasteiger charge is 2.22. The fraction of sp³-hybridized carbons (Fsp3) is 0.615. The van der Waals surface area contributed by atoms with E-state index in [0.717, 1.165) is 17.4 Å². The summed E-state index contributed by atoms with van der Waals surface area (Å²) in [6, 6.07) is 2.12. The monoisotopic (exact) mass is 333 g/mol. The maximum absolute atomic E-state index is 11.1. The third-order valence-corrected chi connectivity index (χ3v) is 4.75. The van der Waals surface area contributed by atoms with Crippen LogP contribution in [-0.2, 0) is 11.2 Å². The van der Waals surface area contributed by atoms with Crippen molar-refractivity contribution in [2.45, 2.75) is 20.3 Å². The van der Waals surface area contributed by atoms with E-state index in [9.17, 15) is 4.79 Å². The molecule has 1 aromatic heterocycles. The molecule has 1 atom stereocenters. The molecule has 1 unspecified atom stereocenters. The molecule has 0 radical (unpaired) electrons. The molecular formula is C13H20BrNO2S. The topological polar surface area (TPSA) is 40.5 Å². The van der Waals surface area contributed by atoms with Gasteiger partial charge in [0.15, 0.2) is 0 Å². The van der Waals surface area contributed by atoms with E-state index in [1.54, 1.807) is 11.3 Å². The zero-order valence-corrected chi connectivity index (χ0v) is 13.4. The number of likely N-dealkylation sites (N-methyl/N-ethyl adjacent to an activating group) is 1. The molecular weight excluding hydrogens is 314 g/mol. The quantitative estimate of drug-likeness (QED) is 0.831. The van der Waals surface area contributed by atoms with Gasteiger partial charge in [0.1, 0.15) is 0 Å². The van der Waals surface area contributed by atoms with Crippen LogP contribution in [0.2, 0.25) is 0 Å². The number of hydrogen-bond donors (Lipinski definition) is 1. The van der Waals surface area contributed by atoms with Crippen molar-refractivity contribution in [1.29, 1.82) is 0 Å². The summed E-state index contributed by atoms with van der Waals surface area (Å²) in [5.41, 5.74) is 0. The Balaban J connectivity index is 2.41. The molecule has 1 rings (SSSR count). The molecule has 0 spiro atoms. The molecule has 0 aliphatic rings. The first kappa shape index (κ1) is 15.7. The van der Waals surface area contributed by atoms with Gasteiger partial charge in [-0.05, 0) is 41.4 Å². The Morgan fingerprint density at radius 3 is 2.67 bits per heavy atom. The minimum absolute atomic E-state index is 0.167. The molecule has 0 saturated heterocycles. The highest BCUT2D eigenvalue weighted by Crippen LogP contribution is 2.20. The predicted octanol–water partition coefficient (Wildman–Crippen LogP) is 3.34. The normalized spacial score (nSPS) is 13.2. The van der Waals surface area contributed by atoms with Crippen LogP contribution in [0.25, 0.3) is 0 Å². The van der Waals surface area contributed by atoms with Gasteiger partial charge in [-0.25, -0.2) is 0 Å². The number of aliphatic carboxylic acids is 1.